The van der Waals surface area contributed by atoms with Crippen LogP contribution in [0.5, 0.6) is 0 Å². The summed E-state index contributed by atoms with van der Waals surface area (Å²) in [6, 6.07) is 8.16. The number of terminal acetylenes is 1. The van der Waals surface area contributed by atoms with E-state index in [0.29, 0.717) is 6.54 Å². The Morgan fingerprint density at radius 1 is 1.25 bits per heavy atom. The van der Waals surface area contributed by atoms with E-state index in [-0.39, 0.29) is 0 Å². The maximum atomic E-state index is 5.52. The first-order chi connectivity index (χ1) is 7.81. The second kappa shape index (κ2) is 8.46. The molecule has 0 spiro atoms. The van der Waals surface area contributed by atoms with E-state index in [1.54, 1.807) is 6.21 Å². The molecule has 2 heteroatoms. The van der Waals surface area contributed by atoms with E-state index in [4.69, 9.17) is 5.73 Å². The lowest BCUT2D eigenvalue weighted by Crippen LogP contribution is -1.95. The highest BCUT2D eigenvalue weighted by Crippen LogP contribution is 2.15. The van der Waals surface area contributed by atoms with Crippen LogP contribution in [-0.2, 0) is 6.54 Å². The van der Waals surface area contributed by atoms with Gasteiger partial charge < -0.3 is 5.73 Å². The third kappa shape index (κ3) is 4.12. The summed E-state index contributed by atoms with van der Waals surface area (Å²) in [6.45, 7) is 4.49. The Kier molecular flexibility index (Phi) is 7.48. The molecule has 0 bridgehead atoms. The summed E-state index contributed by atoms with van der Waals surface area (Å²) in [7, 11) is 0. The van der Waals surface area contributed by atoms with Crippen LogP contribution in [0.25, 0.3) is 5.70 Å². The van der Waals surface area contributed by atoms with Crippen LogP contribution in [0.3, 0.4) is 0 Å². The number of rotatable bonds is 3. The number of hydrogen-bond acceptors (Lipinski definition) is 2. The Morgan fingerprint density at radius 3 is 2.19 bits per heavy atom. The van der Waals surface area contributed by atoms with Gasteiger partial charge in [0, 0.05) is 12.8 Å². The van der Waals surface area contributed by atoms with Crippen molar-refractivity contribution in [3.63, 3.8) is 0 Å². The lowest BCUT2D eigenvalue weighted by Gasteiger charge is -2.02. The molecule has 84 valence electrons. The molecule has 0 heterocycles. The molecule has 16 heavy (non-hydrogen) atoms. The van der Waals surface area contributed by atoms with Gasteiger partial charge in [-0.25, -0.2) is 0 Å². The summed E-state index contributed by atoms with van der Waals surface area (Å²) >= 11 is 0. The molecule has 1 aromatic rings. The van der Waals surface area contributed by atoms with Crippen LogP contribution in [0, 0.1) is 12.8 Å². The molecule has 0 fully saturated rings. The highest BCUT2D eigenvalue weighted by molar-refractivity contribution is 5.72. The van der Waals surface area contributed by atoms with Crippen LogP contribution >= 0.6 is 0 Å². The monoisotopic (exact) mass is 214 g/mol. The summed E-state index contributed by atoms with van der Waals surface area (Å²) < 4.78 is 0. The number of allylic oxidation sites excluding steroid dienone is 1. The molecule has 0 radical (unpaired) electrons. The molecule has 0 atom stereocenters. The Labute approximate surface area is 97.9 Å². The standard InChI is InChI=1S/C12H16N2.C2H2/c1-3-12(14-4-2)11-7-5-10(9-13)6-8-11;1-2/h3-8H,9,13H2,1-2H3;1-2H/b12-3-,14-4?;. The van der Waals surface area contributed by atoms with Crippen molar-refractivity contribution in [3.05, 3.63) is 41.5 Å². The minimum absolute atomic E-state index is 0.586. The molecule has 1 rings (SSSR count). The van der Waals surface area contributed by atoms with Crippen LogP contribution in [0.1, 0.15) is 25.0 Å². The summed E-state index contributed by atoms with van der Waals surface area (Å²) in [5.41, 5.74) is 8.79. The number of nitrogens with zero attached hydrogens (tertiary/aromatic N) is 1. The number of nitrogens with two attached hydrogens (primary N) is 1. The number of benzene rings is 1. The Balaban J connectivity index is 0.00000106. The van der Waals surface area contributed by atoms with Gasteiger partial charge in [-0.05, 0) is 25.0 Å². The van der Waals surface area contributed by atoms with Crippen molar-refractivity contribution >= 4 is 11.9 Å². The van der Waals surface area contributed by atoms with Gasteiger partial charge in [-0.15, -0.1) is 12.8 Å². The zero-order chi connectivity index (χ0) is 12.4. The third-order valence-corrected chi connectivity index (χ3v) is 2.03. The number of aliphatic imine (C=N–C) groups is 1. The lowest BCUT2D eigenvalue weighted by atomic mass is 10.1. The fourth-order valence-electron chi connectivity index (χ4n) is 1.27. The van der Waals surface area contributed by atoms with Crippen molar-refractivity contribution in [1.82, 2.24) is 0 Å². The van der Waals surface area contributed by atoms with Gasteiger partial charge in [-0.1, -0.05) is 30.3 Å². The maximum Gasteiger partial charge on any atom is 0.0655 e. The van der Waals surface area contributed by atoms with Crippen molar-refractivity contribution in [2.45, 2.75) is 20.4 Å². The molecule has 0 saturated carbocycles. The molecule has 2 N–H and O–H groups in total. The van der Waals surface area contributed by atoms with E-state index in [1.165, 1.54) is 0 Å². The summed E-state index contributed by atoms with van der Waals surface area (Å²) in [6.07, 6.45) is 11.8. The highest BCUT2D eigenvalue weighted by atomic mass is 14.7. The smallest absolute Gasteiger partial charge is 0.0655 e. The average molecular weight is 214 g/mol. The van der Waals surface area contributed by atoms with E-state index in [2.05, 4.69) is 17.8 Å². The van der Waals surface area contributed by atoms with Gasteiger partial charge in [0.25, 0.3) is 0 Å². The van der Waals surface area contributed by atoms with Gasteiger partial charge in [0.1, 0.15) is 0 Å². The molecule has 0 amide bonds. The van der Waals surface area contributed by atoms with Gasteiger partial charge in [-0.3, -0.25) is 4.99 Å². The lowest BCUT2D eigenvalue weighted by molar-refractivity contribution is 1.07. The largest absolute Gasteiger partial charge is 0.326 e. The normalized spacial score (nSPS) is 10.9. The SMILES string of the molecule is C#C.CC=N/C(=C\C)c1ccc(CN)cc1. The molecule has 0 unspecified atom stereocenters. The second-order valence-electron chi connectivity index (χ2n) is 2.96. The van der Waals surface area contributed by atoms with E-state index in [1.807, 2.05) is 44.2 Å². The first kappa shape index (κ1) is 14.2. The number of hydrogen-bond donors (Lipinski definition) is 1. The van der Waals surface area contributed by atoms with E-state index in [0.717, 1.165) is 16.8 Å². The Morgan fingerprint density at radius 2 is 1.81 bits per heavy atom. The van der Waals surface area contributed by atoms with Gasteiger partial charge in [0.2, 0.25) is 0 Å². The Bertz CT molecular complexity index is 369. The van der Waals surface area contributed by atoms with Gasteiger partial charge in [0.15, 0.2) is 0 Å². The zero-order valence-corrected chi connectivity index (χ0v) is 9.85. The van der Waals surface area contributed by atoms with E-state index >= 15 is 0 Å². The van der Waals surface area contributed by atoms with E-state index < -0.39 is 0 Å². The van der Waals surface area contributed by atoms with Gasteiger partial charge >= 0.3 is 0 Å². The van der Waals surface area contributed by atoms with Gasteiger partial charge in [0.05, 0.1) is 5.70 Å². The molecular formula is C14H18N2. The van der Waals surface area contributed by atoms with Crippen molar-refractivity contribution in [2.75, 3.05) is 0 Å². The highest BCUT2D eigenvalue weighted by Gasteiger charge is 1.97. The van der Waals surface area contributed by atoms with Crippen molar-refractivity contribution in [1.29, 1.82) is 0 Å². The topological polar surface area (TPSA) is 38.4 Å². The summed E-state index contributed by atoms with van der Waals surface area (Å²) in [5, 5.41) is 0. The van der Waals surface area contributed by atoms with Gasteiger partial charge in [-0.2, -0.15) is 0 Å². The summed E-state index contributed by atoms with van der Waals surface area (Å²) in [4.78, 5) is 4.27. The van der Waals surface area contributed by atoms with Crippen molar-refractivity contribution in [3.8, 4) is 12.8 Å². The molecule has 0 saturated heterocycles. The quantitative estimate of drug-likeness (QED) is 0.610. The predicted molar refractivity (Wildman–Crippen MR) is 72.0 cm³/mol. The molecule has 2 nitrogen and oxygen atoms in total. The maximum absolute atomic E-state index is 5.52. The first-order valence-corrected chi connectivity index (χ1v) is 5.09. The molecule has 0 aliphatic heterocycles. The molecule has 1 aromatic carbocycles. The van der Waals surface area contributed by atoms with Crippen molar-refractivity contribution < 1.29 is 0 Å². The second-order valence-corrected chi connectivity index (χ2v) is 2.96. The molecule has 0 aliphatic carbocycles. The molecular weight excluding hydrogens is 196 g/mol. The average Bonchev–Trinajstić information content (AvgIpc) is 2.38. The molecule has 0 aliphatic rings. The van der Waals surface area contributed by atoms with Crippen LogP contribution in [0.2, 0.25) is 0 Å². The van der Waals surface area contributed by atoms with Crippen LogP contribution < -0.4 is 5.73 Å². The van der Waals surface area contributed by atoms with Crippen LogP contribution in [-0.4, -0.2) is 6.21 Å². The van der Waals surface area contributed by atoms with Crippen LogP contribution in [0.15, 0.2) is 35.3 Å². The predicted octanol–water partition coefficient (Wildman–Crippen LogP) is 2.85. The fraction of sp³-hybridized carbons (Fsp3) is 0.214. The third-order valence-electron chi connectivity index (χ3n) is 2.03. The first-order valence-electron chi connectivity index (χ1n) is 5.09. The summed E-state index contributed by atoms with van der Waals surface area (Å²) in [5.74, 6) is 0. The van der Waals surface area contributed by atoms with Crippen molar-refractivity contribution in [2.24, 2.45) is 10.7 Å². The minimum atomic E-state index is 0.586. The zero-order valence-electron chi connectivity index (χ0n) is 9.85. The molecule has 0 aromatic heterocycles. The minimum Gasteiger partial charge on any atom is -0.326 e. The fourth-order valence-corrected chi connectivity index (χ4v) is 1.27. The van der Waals surface area contributed by atoms with Crippen LogP contribution in [0.4, 0.5) is 0 Å². The van der Waals surface area contributed by atoms with E-state index in [9.17, 15) is 0 Å². The Hall–Kier alpha value is -1.85.